The van der Waals surface area contributed by atoms with Gasteiger partial charge in [0.05, 0.1) is 20.3 Å². The number of methoxy groups -OCH3 is 2. The number of hydrogen-bond acceptors (Lipinski definition) is 5. The van der Waals surface area contributed by atoms with Crippen LogP contribution in [-0.4, -0.2) is 46.9 Å². The zero-order valence-electron chi connectivity index (χ0n) is 17.5. The monoisotopic (exact) mass is 407 g/mol. The van der Waals surface area contributed by atoms with E-state index in [0.717, 1.165) is 23.1 Å². The first-order valence-electron chi connectivity index (χ1n) is 9.91. The van der Waals surface area contributed by atoms with Gasteiger partial charge in [0.15, 0.2) is 11.5 Å². The minimum absolute atomic E-state index is 0.0995. The molecule has 4 rings (SSSR count). The van der Waals surface area contributed by atoms with Gasteiger partial charge in [0.1, 0.15) is 17.1 Å². The Balaban J connectivity index is 1.92. The number of ether oxygens (including phenoxy) is 2. The quantitative estimate of drug-likeness (QED) is 0.643. The van der Waals surface area contributed by atoms with Gasteiger partial charge in [-0.1, -0.05) is 24.6 Å². The number of rotatable bonds is 6. The maximum absolute atomic E-state index is 13.2. The van der Waals surface area contributed by atoms with E-state index in [1.165, 1.54) is 0 Å². The Labute approximate surface area is 175 Å². The van der Waals surface area contributed by atoms with Crippen LogP contribution in [0.1, 0.15) is 46.6 Å². The number of hydrogen-bond donors (Lipinski definition) is 2. The molecule has 2 aromatic carbocycles. The molecule has 7 nitrogen and oxygen atoms in total. The number of aromatic nitrogens is 2. The van der Waals surface area contributed by atoms with E-state index in [-0.39, 0.29) is 17.7 Å². The Kier molecular flexibility index (Phi) is 5.11. The number of benzene rings is 2. The average molecular weight is 407 g/mol. The maximum Gasteiger partial charge on any atom is 0.273 e. The van der Waals surface area contributed by atoms with Gasteiger partial charge in [-0.2, -0.15) is 5.10 Å². The lowest BCUT2D eigenvalue weighted by atomic mass is 9.94. The van der Waals surface area contributed by atoms with Crippen molar-refractivity contribution in [2.24, 2.45) is 0 Å². The average Bonchev–Trinajstić information content (AvgIpc) is 3.29. The van der Waals surface area contributed by atoms with Gasteiger partial charge in [0.25, 0.3) is 5.91 Å². The third kappa shape index (κ3) is 3.07. The topological polar surface area (TPSA) is 87.7 Å². The predicted octanol–water partition coefficient (Wildman–Crippen LogP) is 4.06. The molecular weight excluding hydrogens is 382 g/mol. The molecule has 7 heteroatoms. The molecule has 156 valence electrons. The van der Waals surface area contributed by atoms with Gasteiger partial charge < -0.3 is 19.5 Å². The molecule has 1 aliphatic rings. The molecule has 0 saturated heterocycles. The van der Waals surface area contributed by atoms with Crippen LogP contribution in [0, 0.1) is 6.92 Å². The molecule has 1 aliphatic heterocycles. The third-order valence-electron chi connectivity index (χ3n) is 5.46. The Hall–Kier alpha value is -3.48. The zero-order chi connectivity index (χ0) is 21.4. The van der Waals surface area contributed by atoms with Crippen LogP contribution in [0.15, 0.2) is 36.4 Å². The number of amides is 1. The molecule has 0 spiro atoms. The maximum atomic E-state index is 13.2. The molecule has 1 amide bonds. The van der Waals surface area contributed by atoms with Gasteiger partial charge >= 0.3 is 0 Å². The van der Waals surface area contributed by atoms with Gasteiger partial charge in [-0.25, -0.2) is 0 Å². The van der Waals surface area contributed by atoms with E-state index in [4.69, 9.17) is 9.47 Å². The largest absolute Gasteiger partial charge is 0.507 e. The number of fused-ring (bicyclic) bond motifs is 1. The van der Waals surface area contributed by atoms with Crippen LogP contribution in [0.3, 0.4) is 0 Å². The van der Waals surface area contributed by atoms with E-state index in [2.05, 4.69) is 10.2 Å². The number of nitrogens with zero attached hydrogens (tertiary/aromatic N) is 2. The van der Waals surface area contributed by atoms with Crippen LogP contribution >= 0.6 is 0 Å². The summed E-state index contributed by atoms with van der Waals surface area (Å²) in [7, 11) is 3.18. The summed E-state index contributed by atoms with van der Waals surface area (Å²) in [6, 6.07) is 10.7. The van der Waals surface area contributed by atoms with Crippen LogP contribution in [0.4, 0.5) is 0 Å². The number of H-pyrrole nitrogens is 1. The molecule has 2 N–H and O–H groups in total. The van der Waals surface area contributed by atoms with E-state index < -0.39 is 0 Å². The summed E-state index contributed by atoms with van der Waals surface area (Å²) in [5.41, 5.74) is 4.29. The fraction of sp³-hybridized carbons (Fsp3) is 0.304. The minimum atomic E-state index is -0.346. The van der Waals surface area contributed by atoms with Crippen molar-refractivity contribution in [2.45, 2.75) is 26.3 Å². The van der Waals surface area contributed by atoms with Crippen molar-refractivity contribution < 1.29 is 19.4 Å². The van der Waals surface area contributed by atoms with Crippen molar-refractivity contribution in [1.29, 1.82) is 0 Å². The highest BCUT2D eigenvalue weighted by Crippen LogP contribution is 2.46. The molecule has 3 aromatic rings. The second-order valence-electron chi connectivity index (χ2n) is 7.40. The lowest BCUT2D eigenvalue weighted by Gasteiger charge is -2.26. The number of phenolic OH excluding ortho intramolecular Hbond substituents is 1. The summed E-state index contributed by atoms with van der Waals surface area (Å²) < 4.78 is 10.9. The van der Waals surface area contributed by atoms with Crippen molar-refractivity contribution in [3.05, 3.63) is 58.8 Å². The van der Waals surface area contributed by atoms with Crippen LogP contribution in [0.5, 0.6) is 17.2 Å². The fourth-order valence-electron chi connectivity index (χ4n) is 4.08. The summed E-state index contributed by atoms with van der Waals surface area (Å²) in [6.45, 7) is 4.59. The van der Waals surface area contributed by atoms with Crippen LogP contribution in [0.2, 0.25) is 0 Å². The second-order valence-corrected chi connectivity index (χ2v) is 7.40. The summed E-state index contributed by atoms with van der Waals surface area (Å²) >= 11 is 0. The number of carbonyl (C=O) groups excluding carboxylic acids is 1. The highest BCUT2D eigenvalue weighted by Gasteiger charge is 2.42. The first-order valence-corrected chi connectivity index (χ1v) is 9.91. The lowest BCUT2D eigenvalue weighted by Crippen LogP contribution is -2.30. The minimum Gasteiger partial charge on any atom is -0.507 e. The molecule has 0 bridgehead atoms. The molecular formula is C23H25N3O4. The van der Waals surface area contributed by atoms with Gasteiger partial charge in [0.2, 0.25) is 0 Å². The van der Waals surface area contributed by atoms with Crippen LogP contribution < -0.4 is 9.47 Å². The Morgan fingerprint density at radius 2 is 1.90 bits per heavy atom. The Bertz CT molecular complexity index is 1110. The summed E-state index contributed by atoms with van der Waals surface area (Å²) in [6.07, 6.45) is 0.818. The molecule has 1 aromatic heterocycles. The number of aromatic hydroxyl groups is 1. The number of phenols is 1. The first kappa shape index (κ1) is 19.8. The number of carbonyl (C=O) groups is 1. The van der Waals surface area contributed by atoms with E-state index in [1.54, 1.807) is 20.3 Å². The molecule has 0 fully saturated rings. The Morgan fingerprint density at radius 3 is 2.60 bits per heavy atom. The van der Waals surface area contributed by atoms with E-state index in [9.17, 15) is 9.90 Å². The highest BCUT2D eigenvalue weighted by atomic mass is 16.5. The molecule has 0 aliphatic carbocycles. The highest BCUT2D eigenvalue weighted by molar-refractivity contribution is 6.00. The summed E-state index contributed by atoms with van der Waals surface area (Å²) in [5, 5.41) is 17.8. The first-order chi connectivity index (χ1) is 14.5. The van der Waals surface area contributed by atoms with Crippen molar-refractivity contribution in [3.63, 3.8) is 0 Å². The predicted molar refractivity (Wildman–Crippen MR) is 113 cm³/mol. The van der Waals surface area contributed by atoms with Crippen molar-refractivity contribution in [2.75, 3.05) is 20.8 Å². The summed E-state index contributed by atoms with van der Waals surface area (Å²) in [4.78, 5) is 15.0. The number of nitrogens with one attached hydrogen (secondary N) is 1. The molecule has 30 heavy (non-hydrogen) atoms. The van der Waals surface area contributed by atoms with Gasteiger partial charge in [-0.05, 0) is 43.2 Å². The number of aromatic amines is 1. The Morgan fingerprint density at radius 1 is 1.13 bits per heavy atom. The summed E-state index contributed by atoms with van der Waals surface area (Å²) in [5.74, 6) is 1.24. The van der Waals surface area contributed by atoms with E-state index in [0.29, 0.717) is 35.0 Å². The lowest BCUT2D eigenvalue weighted by molar-refractivity contribution is 0.0743. The second kappa shape index (κ2) is 7.74. The van der Waals surface area contributed by atoms with E-state index >= 15 is 0 Å². The van der Waals surface area contributed by atoms with Crippen molar-refractivity contribution in [1.82, 2.24) is 15.1 Å². The molecule has 0 radical (unpaired) electrons. The SMILES string of the molecule is CCCN1C(=O)c2[nH]nc(-c3cc(C)ccc3O)c2C1c1ccc(OC)c(OC)c1. The number of aryl methyl sites for hydroxylation is 1. The smallest absolute Gasteiger partial charge is 0.273 e. The van der Waals surface area contributed by atoms with Crippen LogP contribution in [-0.2, 0) is 0 Å². The molecule has 0 saturated carbocycles. The van der Waals surface area contributed by atoms with Crippen molar-refractivity contribution >= 4 is 5.91 Å². The normalized spacial score (nSPS) is 15.4. The zero-order valence-corrected chi connectivity index (χ0v) is 17.5. The molecule has 2 heterocycles. The third-order valence-corrected chi connectivity index (χ3v) is 5.46. The van der Waals surface area contributed by atoms with E-state index in [1.807, 2.05) is 49.1 Å². The fourth-order valence-corrected chi connectivity index (χ4v) is 4.08. The molecule has 1 atom stereocenters. The van der Waals surface area contributed by atoms with Crippen LogP contribution in [0.25, 0.3) is 11.3 Å². The standard InChI is InChI=1S/C23H25N3O4/c1-5-10-26-22(14-7-9-17(29-3)18(12-14)30-4)19-20(24-25-21(19)23(26)28)15-11-13(2)6-8-16(15)27/h6-9,11-12,22,27H,5,10H2,1-4H3,(H,24,25). The van der Waals surface area contributed by atoms with Gasteiger partial charge in [0, 0.05) is 17.7 Å². The molecule has 1 unspecified atom stereocenters. The van der Waals surface area contributed by atoms with Crippen molar-refractivity contribution in [3.8, 4) is 28.5 Å². The van der Waals surface area contributed by atoms with Gasteiger partial charge in [-0.3, -0.25) is 9.89 Å². The van der Waals surface area contributed by atoms with Gasteiger partial charge in [-0.15, -0.1) is 0 Å².